The third kappa shape index (κ3) is 4.10. The lowest BCUT2D eigenvalue weighted by Gasteiger charge is -2.12. The summed E-state index contributed by atoms with van der Waals surface area (Å²) in [6.45, 7) is 0.741. The minimum absolute atomic E-state index is 0.0383. The van der Waals surface area contributed by atoms with E-state index >= 15 is 0 Å². The van der Waals surface area contributed by atoms with Crippen LogP contribution in [0.5, 0.6) is 0 Å². The predicted octanol–water partition coefficient (Wildman–Crippen LogP) is 2.83. The minimum atomic E-state index is 0.0383. The van der Waals surface area contributed by atoms with Crippen molar-refractivity contribution in [1.29, 1.82) is 0 Å². The first-order valence-electron chi connectivity index (χ1n) is 6.31. The Morgan fingerprint density at radius 2 is 2.35 bits per heavy atom. The zero-order valence-electron chi connectivity index (χ0n) is 10.1. The van der Waals surface area contributed by atoms with Crippen molar-refractivity contribution in [1.82, 2.24) is 5.32 Å². The number of allylic oxidation sites excluding steroid dienone is 1. The fourth-order valence-corrected chi connectivity index (χ4v) is 2.13. The number of hydrogen-bond acceptors (Lipinski definition) is 2. The first-order valence-corrected chi connectivity index (χ1v) is 6.31. The molecule has 3 heteroatoms. The van der Waals surface area contributed by atoms with Crippen LogP contribution in [-0.4, -0.2) is 12.5 Å². The van der Waals surface area contributed by atoms with Crippen molar-refractivity contribution in [3.8, 4) is 0 Å². The molecule has 92 valence electrons. The molecule has 1 aliphatic carbocycles. The predicted molar refractivity (Wildman–Crippen MR) is 66.6 cm³/mol. The van der Waals surface area contributed by atoms with E-state index in [0.29, 0.717) is 6.42 Å². The van der Waals surface area contributed by atoms with Crippen molar-refractivity contribution in [2.24, 2.45) is 0 Å². The van der Waals surface area contributed by atoms with Crippen LogP contribution in [-0.2, 0) is 11.2 Å². The number of nitrogens with one attached hydrogen (secondary N) is 1. The van der Waals surface area contributed by atoms with Gasteiger partial charge in [0.1, 0.15) is 5.76 Å². The number of rotatable bonds is 5. The molecule has 0 unspecified atom stereocenters. The van der Waals surface area contributed by atoms with E-state index in [1.54, 1.807) is 12.3 Å². The molecule has 0 aromatic carbocycles. The van der Waals surface area contributed by atoms with E-state index in [2.05, 4.69) is 11.4 Å². The van der Waals surface area contributed by atoms with E-state index in [0.717, 1.165) is 18.7 Å². The Kier molecular flexibility index (Phi) is 4.42. The van der Waals surface area contributed by atoms with Gasteiger partial charge in [-0.1, -0.05) is 11.6 Å². The van der Waals surface area contributed by atoms with E-state index < -0.39 is 0 Å². The van der Waals surface area contributed by atoms with Crippen molar-refractivity contribution in [2.75, 3.05) is 6.54 Å². The third-order valence-corrected chi connectivity index (χ3v) is 3.07. The van der Waals surface area contributed by atoms with Gasteiger partial charge in [-0.05, 0) is 44.2 Å². The number of carbonyl (C=O) groups is 1. The highest BCUT2D eigenvalue weighted by molar-refractivity contribution is 5.77. The Morgan fingerprint density at radius 3 is 3.06 bits per heavy atom. The van der Waals surface area contributed by atoms with E-state index in [4.69, 9.17) is 4.42 Å². The van der Waals surface area contributed by atoms with Crippen LogP contribution in [0.25, 0.3) is 0 Å². The van der Waals surface area contributed by atoms with Crippen LogP contribution in [0.4, 0.5) is 0 Å². The first kappa shape index (κ1) is 12.0. The second-order valence-electron chi connectivity index (χ2n) is 4.46. The van der Waals surface area contributed by atoms with Gasteiger partial charge < -0.3 is 9.73 Å². The summed E-state index contributed by atoms with van der Waals surface area (Å²) >= 11 is 0. The van der Waals surface area contributed by atoms with E-state index in [-0.39, 0.29) is 5.91 Å². The van der Waals surface area contributed by atoms with E-state index in [1.807, 2.05) is 6.07 Å². The van der Waals surface area contributed by atoms with Crippen LogP contribution in [0.15, 0.2) is 34.5 Å². The van der Waals surface area contributed by atoms with Gasteiger partial charge in [0.15, 0.2) is 0 Å². The van der Waals surface area contributed by atoms with Crippen molar-refractivity contribution >= 4 is 5.91 Å². The van der Waals surface area contributed by atoms with Gasteiger partial charge in [-0.25, -0.2) is 0 Å². The summed E-state index contributed by atoms with van der Waals surface area (Å²) in [6.07, 6.45) is 10.3. The standard InChI is InChI=1S/C14H19NO2/c16-14(11-13-7-4-10-17-13)15-9-8-12-5-2-1-3-6-12/h4-5,7,10H,1-3,6,8-9,11H2,(H,15,16). The molecule has 1 aromatic heterocycles. The van der Waals surface area contributed by atoms with Crippen LogP contribution in [0.1, 0.15) is 37.9 Å². The van der Waals surface area contributed by atoms with Crippen LogP contribution in [0, 0.1) is 0 Å². The molecule has 1 aliphatic rings. The number of amides is 1. The molecule has 0 fully saturated rings. The Labute approximate surface area is 102 Å². The first-order chi connectivity index (χ1) is 8.34. The molecule has 0 spiro atoms. The highest BCUT2D eigenvalue weighted by Gasteiger charge is 2.06. The lowest BCUT2D eigenvalue weighted by Crippen LogP contribution is -2.26. The summed E-state index contributed by atoms with van der Waals surface area (Å²) in [6, 6.07) is 3.62. The fraction of sp³-hybridized carbons (Fsp3) is 0.500. The van der Waals surface area contributed by atoms with Gasteiger partial charge in [0.25, 0.3) is 0 Å². The minimum Gasteiger partial charge on any atom is -0.469 e. The van der Waals surface area contributed by atoms with Gasteiger partial charge in [0.2, 0.25) is 5.91 Å². The van der Waals surface area contributed by atoms with Crippen LogP contribution in [0.2, 0.25) is 0 Å². The molecule has 2 rings (SSSR count). The molecule has 0 radical (unpaired) electrons. The average Bonchev–Trinajstić information content (AvgIpc) is 2.83. The molecular formula is C14H19NO2. The molecule has 0 atom stereocenters. The largest absolute Gasteiger partial charge is 0.469 e. The topological polar surface area (TPSA) is 42.2 Å². The monoisotopic (exact) mass is 233 g/mol. The molecule has 0 saturated carbocycles. The van der Waals surface area contributed by atoms with Gasteiger partial charge in [0, 0.05) is 6.54 Å². The Bertz CT molecular complexity index is 379. The Balaban J connectivity index is 1.64. The summed E-state index contributed by atoms with van der Waals surface area (Å²) in [5, 5.41) is 2.93. The van der Waals surface area contributed by atoms with Crippen LogP contribution < -0.4 is 5.32 Å². The molecule has 0 aliphatic heterocycles. The highest BCUT2D eigenvalue weighted by atomic mass is 16.3. The Hall–Kier alpha value is -1.51. The van der Waals surface area contributed by atoms with Gasteiger partial charge in [-0.2, -0.15) is 0 Å². The summed E-state index contributed by atoms with van der Waals surface area (Å²) in [4.78, 5) is 11.6. The second kappa shape index (κ2) is 6.28. The van der Waals surface area contributed by atoms with Crippen molar-refractivity contribution in [3.05, 3.63) is 35.8 Å². The van der Waals surface area contributed by atoms with Crippen molar-refractivity contribution < 1.29 is 9.21 Å². The van der Waals surface area contributed by atoms with E-state index in [9.17, 15) is 4.79 Å². The van der Waals surface area contributed by atoms with Gasteiger partial charge >= 0.3 is 0 Å². The smallest absolute Gasteiger partial charge is 0.227 e. The van der Waals surface area contributed by atoms with Gasteiger partial charge in [-0.15, -0.1) is 0 Å². The maximum absolute atomic E-state index is 11.6. The summed E-state index contributed by atoms with van der Waals surface area (Å²) in [5.74, 6) is 0.760. The lowest BCUT2D eigenvalue weighted by molar-refractivity contribution is -0.120. The molecular weight excluding hydrogens is 214 g/mol. The molecule has 17 heavy (non-hydrogen) atoms. The molecule has 1 heterocycles. The molecule has 0 bridgehead atoms. The van der Waals surface area contributed by atoms with Crippen LogP contribution in [0.3, 0.4) is 0 Å². The maximum atomic E-state index is 11.6. The molecule has 3 nitrogen and oxygen atoms in total. The summed E-state index contributed by atoms with van der Waals surface area (Å²) in [5.41, 5.74) is 1.49. The van der Waals surface area contributed by atoms with Crippen molar-refractivity contribution in [2.45, 2.75) is 38.5 Å². The zero-order chi connectivity index (χ0) is 11.9. The van der Waals surface area contributed by atoms with Gasteiger partial charge in [-0.3, -0.25) is 4.79 Å². The quantitative estimate of drug-likeness (QED) is 0.795. The number of carbonyl (C=O) groups excluding carboxylic acids is 1. The summed E-state index contributed by atoms with van der Waals surface area (Å²) < 4.78 is 5.13. The third-order valence-electron chi connectivity index (χ3n) is 3.07. The lowest BCUT2D eigenvalue weighted by atomic mass is 9.97. The molecule has 0 saturated heterocycles. The second-order valence-corrected chi connectivity index (χ2v) is 4.46. The number of hydrogen-bond donors (Lipinski definition) is 1. The molecule has 1 N–H and O–H groups in total. The normalized spacial score (nSPS) is 15.4. The Morgan fingerprint density at radius 1 is 1.41 bits per heavy atom. The SMILES string of the molecule is O=C(Cc1ccco1)NCCC1=CCCCC1. The van der Waals surface area contributed by atoms with E-state index in [1.165, 1.54) is 31.3 Å². The highest BCUT2D eigenvalue weighted by Crippen LogP contribution is 2.19. The zero-order valence-corrected chi connectivity index (χ0v) is 10.1. The maximum Gasteiger partial charge on any atom is 0.227 e. The van der Waals surface area contributed by atoms with Crippen molar-refractivity contribution in [3.63, 3.8) is 0 Å². The molecule has 1 amide bonds. The number of furan rings is 1. The average molecular weight is 233 g/mol. The fourth-order valence-electron chi connectivity index (χ4n) is 2.13. The summed E-state index contributed by atoms with van der Waals surface area (Å²) in [7, 11) is 0. The van der Waals surface area contributed by atoms with Gasteiger partial charge in [0.05, 0.1) is 12.7 Å². The molecule has 1 aromatic rings. The van der Waals surface area contributed by atoms with Crippen LogP contribution >= 0.6 is 0 Å².